The topological polar surface area (TPSA) is 58.1 Å². The third-order valence-corrected chi connectivity index (χ3v) is 4.42. The van der Waals surface area contributed by atoms with Crippen LogP contribution in [0.15, 0.2) is 4.99 Å². The monoisotopic (exact) mass is 312 g/mol. The van der Waals surface area contributed by atoms with Crippen LogP contribution in [0.25, 0.3) is 0 Å². The van der Waals surface area contributed by atoms with E-state index in [2.05, 4.69) is 43.2 Å². The lowest BCUT2D eigenvalue weighted by atomic mass is 9.89. The lowest BCUT2D eigenvalue weighted by Crippen LogP contribution is -2.53. The summed E-state index contributed by atoms with van der Waals surface area (Å²) in [5.41, 5.74) is 0.297. The first-order valence-corrected chi connectivity index (χ1v) is 8.38. The van der Waals surface area contributed by atoms with E-state index < -0.39 is 0 Å². The Morgan fingerprint density at radius 1 is 1.18 bits per heavy atom. The number of ether oxygens (including phenoxy) is 2. The second-order valence-corrected chi connectivity index (χ2v) is 7.26. The van der Waals surface area contributed by atoms with Crippen LogP contribution in [-0.2, 0) is 9.47 Å². The van der Waals surface area contributed by atoms with Crippen LogP contribution in [0.5, 0.6) is 0 Å². The third kappa shape index (κ3) is 4.83. The molecule has 2 heterocycles. The molecule has 2 aliphatic rings. The number of nitrogens with one attached hydrogen (secondary N) is 2. The van der Waals surface area contributed by atoms with E-state index in [1.807, 2.05) is 0 Å². The Labute approximate surface area is 134 Å². The second kappa shape index (κ2) is 7.62. The van der Waals surface area contributed by atoms with Crippen LogP contribution in [0.3, 0.4) is 0 Å². The second-order valence-electron chi connectivity index (χ2n) is 7.26. The first-order chi connectivity index (χ1) is 10.5. The van der Waals surface area contributed by atoms with Gasteiger partial charge in [-0.05, 0) is 20.8 Å². The van der Waals surface area contributed by atoms with Crippen molar-refractivity contribution in [2.75, 3.05) is 59.2 Å². The molecule has 2 N–H and O–H groups in total. The lowest BCUT2D eigenvalue weighted by Gasteiger charge is -2.40. The van der Waals surface area contributed by atoms with Gasteiger partial charge in [0.15, 0.2) is 5.96 Å². The van der Waals surface area contributed by atoms with Crippen molar-refractivity contribution >= 4 is 5.96 Å². The van der Waals surface area contributed by atoms with Gasteiger partial charge in [-0.1, -0.05) is 6.92 Å². The predicted octanol–water partition coefficient (Wildman–Crippen LogP) is 0.689. The zero-order valence-corrected chi connectivity index (χ0v) is 14.6. The maximum Gasteiger partial charge on any atom is 0.191 e. The quantitative estimate of drug-likeness (QED) is 0.558. The Bertz CT molecular complexity index is 374. The SMILES string of the molecule is CCNC(=NCC(C)(C)N1CCOCC1)NCC1(C)COC1. The van der Waals surface area contributed by atoms with Crippen LogP contribution in [0, 0.1) is 5.41 Å². The molecule has 6 nitrogen and oxygen atoms in total. The normalized spacial score (nSPS) is 23.0. The fraction of sp³-hybridized carbons (Fsp3) is 0.938. The smallest absolute Gasteiger partial charge is 0.191 e. The van der Waals surface area contributed by atoms with Crippen molar-refractivity contribution < 1.29 is 9.47 Å². The molecule has 0 radical (unpaired) electrons. The Morgan fingerprint density at radius 3 is 2.41 bits per heavy atom. The summed E-state index contributed by atoms with van der Waals surface area (Å²) in [6, 6.07) is 0. The third-order valence-electron chi connectivity index (χ3n) is 4.42. The molecule has 0 saturated carbocycles. The standard InChI is InChI=1S/C16H32N4O2/c1-5-17-14(19-11-16(4)12-22-13-16)18-10-15(2,3)20-6-8-21-9-7-20/h5-13H2,1-4H3,(H2,17,18,19). The average Bonchev–Trinajstić information content (AvgIpc) is 2.49. The van der Waals surface area contributed by atoms with Crippen LogP contribution in [0.4, 0.5) is 0 Å². The van der Waals surface area contributed by atoms with Crippen molar-refractivity contribution in [1.29, 1.82) is 0 Å². The van der Waals surface area contributed by atoms with Crippen LogP contribution in [0.2, 0.25) is 0 Å². The Morgan fingerprint density at radius 2 is 1.86 bits per heavy atom. The van der Waals surface area contributed by atoms with Crippen molar-refractivity contribution in [3.8, 4) is 0 Å². The summed E-state index contributed by atoms with van der Waals surface area (Å²) >= 11 is 0. The molecule has 2 saturated heterocycles. The van der Waals surface area contributed by atoms with Crippen molar-refractivity contribution in [1.82, 2.24) is 15.5 Å². The number of hydrogen-bond donors (Lipinski definition) is 2. The number of morpholine rings is 1. The predicted molar refractivity (Wildman–Crippen MR) is 89.4 cm³/mol. The van der Waals surface area contributed by atoms with E-state index in [0.717, 1.165) is 65.1 Å². The summed E-state index contributed by atoms with van der Waals surface area (Å²) in [5.74, 6) is 0.900. The highest BCUT2D eigenvalue weighted by molar-refractivity contribution is 5.79. The van der Waals surface area contributed by atoms with Gasteiger partial charge in [0.25, 0.3) is 0 Å². The molecule has 2 rings (SSSR count). The molecule has 0 aliphatic carbocycles. The number of rotatable bonds is 6. The van der Waals surface area contributed by atoms with Crippen LogP contribution in [0.1, 0.15) is 27.7 Å². The largest absolute Gasteiger partial charge is 0.380 e. The summed E-state index contributed by atoms with van der Waals surface area (Å²) < 4.78 is 10.7. The number of guanidine groups is 1. The Hall–Kier alpha value is -0.850. The van der Waals surface area contributed by atoms with Gasteiger partial charge in [-0.3, -0.25) is 9.89 Å². The van der Waals surface area contributed by atoms with Gasteiger partial charge >= 0.3 is 0 Å². The molecule has 0 aromatic heterocycles. The maximum atomic E-state index is 5.44. The molecule has 128 valence electrons. The number of hydrogen-bond acceptors (Lipinski definition) is 4. The van der Waals surface area contributed by atoms with E-state index >= 15 is 0 Å². The van der Waals surface area contributed by atoms with E-state index in [-0.39, 0.29) is 11.0 Å². The molecule has 0 aromatic carbocycles. The first-order valence-electron chi connectivity index (χ1n) is 8.38. The first kappa shape index (κ1) is 17.5. The van der Waals surface area contributed by atoms with Gasteiger partial charge in [0.2, 0.25) is 0 Å². The fourth-order valence-electron chi connectivity index (χ4n) is 2.73. The van der Waals surface area contributed by atoms with Crippen LogP contribution < -0.4 is 10.6 Å². The molecule has 0 spiro atoms. The molecular weight excluding hydrogens is 280 g/mol. The van der Waals surface area contributed by atoms with Crippen LogP contribution in [-0.4, -0.2) is 75.5 Å². The van der Waals surface area contributed by atoms with E-state index in [4.69, 9.17) is 14.5 Å². The summed E-state index contributed by atoms with van der Waals surface area (Å²) in [6.45, 7) is 16.7. The molecule has 0 amide bonds. The zero-order valence-electron chi connectivity index (χ0n) is 14.6. The van der Waals surface area contributed by atoms with E-state index in [0.29, 0.717) is 0 Å². The van der Waals surface area contributed by atoms with Crippen molar-refractivity contribution in [2.45, 2.75) is 33.2 Å². The van der Waals surface area contributed by atoms with Gasteiger partial charge in [0.05, 0.1) is 33.0 Å². The molecule has 2 fully saturated rings. The summed E-state index contributed by atoms with van der Waals surface area (Å²) in [7, 11) is 0. The lowest BCUT2D eigenvalue weighted by molar-refractivity contribution is -0.0971. The molecule has 0 bridgehead atoms. The Balaban J connectivity index is 1.87. The van der Waals surface area contributed by atoms with Gasteiger partial charge in [-0.15, -0.1) is 0 Å². The van der Waals surface area contributed by atoms with Gasteiger partial charge in [0, 0.05) is 37.1 Å². The zero-order chi connectivity index (χ0) is 16.1. The minimum absolute atomic E-state index is 0.0512. The van der Waals surface area contributed by atoms with Gasteiger partial charge < -0.3 is 20.1 Å². The van der Waals surface area contributed by atoms with E-state index in [1.165, 1.54) is 0 Å². The van der Waals surface area contributed by atoms with Crippen molar-refractivity contribution in [3.05, 3.63) is 0 Å². The number of aliphatic imine (C=N–C) groups is 1. The highest BCUT2D eigenvalue weighted by Crippen LogP contribution is 2.25. The molecule has 2 aliphatic heterocycles. The minimum atomic E-state index is 0.0512. The van der Waals surface area contributed by atoms with E-state index in [9.17, 15) is 0 Å². The molecule has 6 heteroatoms. The molecular formula is C16H32N4O2. The molecule has 22 heavy (non-hydrogen) atoms. The van der Waals surface area contributed by atoms with Gasteiger partial charge in [0.1, 0.15) is 0 Å². The summed E-state index contributed by atoms with van der Waals surface area (Å²) in [4.78, 5) is 7.26. The Kier molecular flexibility index (Phi) is 6.06. The van der Waals surface area contributed by atoms with Crippen molar-refractivity contribution in [3.63, 3.8) is 0 Å². The molecule has 0 unspecified atom stereocenters. The van der Waals surface area contributed by atoms with Crippen molar-refractivity contribution in [2.24, 2.45) is 10.4 Å². The minimum Gasteiger partial charge on any atom is -0.380 e. The highest BCUT2D eigenvalue weighted by Gasteiger charge is 2.33. The fourth-order valence-corrected chi connectivity index (χ4v) is 2.73. The van der Waals surface area contributed by atoms with Crippen LogP contribution >= 0.6 is 0 Å². The maximum absolute atomic E-state index is 5.44. The highest BCUT2D eigenvalue weighted by atomic mass is 16.5. The average molecular weight is 312 g/mol. The van der Waals surface area contributed by atoms with Gasteiger partial charge in [-0.25, -0.2) is 0 Å². The summed E-state index contributed by atoms with van der Waals surface area (Å²) in [6.07, 6.45) is 0. The summed E-state index contributed by atoms with van der Waals surface area (Å²) in [5, 5.41) is 6.79. The van der Waals surface area contributed by atoms with Gasteiger partial charge in [-0.2, -0.15) is 0 Å². The number of nitrogens with zero attached hydrogens (tertiary/aromatic N) is 2. The molecule has 0 aromatic rings. The molecule has 0 atom stereocenters. The van der Waals surface area contributed by atoms with E-state index in [1.54, 1.807) is 0 Å².